The predicted octanol–water partition coefficient (Wildman–Crippen LogP) is 2.70. The molecular weight excluding hydrogens is 448 g/mol. The second-order valence-electron chi connectivity index (χ2n) is 6.96. The fraction of sp³-hybridized carbons (Fsp3) is 0.238. The molecular formula is C21H22N6O5S. The normalized spacial score (nSPS) is 10.5. The van der Waals surface area contributed by atoms with E-state index in [1.807, 2.05) is 0 Å². The number of nitrogens with one attached hydrogen (secondary N) is 2. The molecule has 0 saturated heterocycles. The number of hydrogen-bond acceptors (Lipinski definition) is 8. The van der Waals surface area contributed by atoms with Crippen LogP contribution in [0.25, 0.3) is 0 Å². The molecule has 0 aliphatic carbocycles. The minimum Gasteiger partial charge on any atom is -0.497 e. The van der Waals surface area contributed by atoms with Crippen LogP contribution in [0.1, 0.15) is 21.7 Å². The van der Waals surface area contributed by atoms with E-state index in [4.69, 9.17) is 4.74 Å². The molecule has 0 radical (unpaired) electrons. The molecule has 3 aromatic rings. The van der Waals surface area contributed by atoms with Gasteiger partial charge in [-0.25, -0.2) is 0 Å². The van der Waals surface area contributed by atoms with Gasteiger partial charge in [0.05, 0.1) is 30.0 Å². The van der Waals surface area contributed by atoms with E-state index in [2.05, 4.69) is 20.8 Å². The van der Waals surface area contributed by atoms with E-state index in [0.29, 0.717) is 33.5 Å². The average Bonchev–Trinajstić information content (AvgIpc) is 3.16. The van der Waals surface area contributed by atoms with Gasteiger partial charge in [0.25, 0.3) is 11.6 Å². The van der Waals surface area contributed by atoms with Gasteiger partial charge in [0.2, 0.25) is 5.91 Å². The number of carbonyl (C=O) groups excluding carboxylic acids is 2. The van der Waals surface area contributed by atoms with Crippen LogP contribution in [-0.2, 0) is 18.4 Å². The Morgan fingerprint density at radius 1 is 1.18 bits per heavy atom. The number of methoxy groups -OCH3 is 1. The molecule has 0 aliphatic rings. The molecule has 0 spiro atoms. The number of aryl methyl sites for hydroxylation is 1. The Bertz CT molecular complexity index is 1180. The quantitative estimate of drug-likeness (QED) is 0.276. The topological polar surface area (TPSA) is 141 Å². The van der Waals surface area contributed by atoms with Crippen LogP contribution in [0.5, 0.6) is 5.75 Å². The summed E-state index contributed by atoms with van der Waals surface area (Å²) in [7, 11) is 3.29. The van der Waals surface area contributed by atoms with Crippen molar-refractivity contribution in [1.82, 2.24) is 20.1 Å². The van der Waals surface area contributed by atoms with Crippen LogP contribution in [0.2, 0.25) is 0 Å². The van der Waals surface area contributed by atoms with E-state index in [0.717, 1.165) is 11.8 Å². The van der Waals surface area contributed by atoms with Crippen molar-refractivity contribution in [2.75, 3.05) is 18.2 Å². The van der Waals surface area contributed by atoms with E-state index in [1.54, 1.807) is 56.0 Å². The van der Waals surface area contributed by atoms with Crippen molar-refractivity contribution in [2.24, 2.45) is 7.05 Å². The third-order valence-corrected chi connectivity index (χ3v) is 5.74. The maximum absolute atomic E-state index is 12.3. The number of hydrogen-bond donors (Lipinski definition) is 2. The zero-order valence-electron chi connectivity index (χ0n) is 18.2. The fourth-order valence-electron chi connectivity index (χ4n) is 2.80. The number of nitro benzene ring substituents is 1. The summed E-state index contributed by atoms with van der Waals surface area (Å²) in [6.07, 6.45) is 0. The SMILES string of the molecule is COc1ccc(C(=O)NCc2nnc(SCC(=O)Nc3cc([N+](=O)[O-])ccc3C)n2C)cc1. The van der Waals surface area contributed by atoms with Crippen molar-refractivity contribution >= 4 is 35.0 Å². The number of non-ortho nitro benzene ring substituents is 1. The number of nitro groups is 1. The number of ether oxygens (including phenoxy) is 1. The van der Waals surface area contributed by atoms with E-state index in [1.165, 1.54) is 12.1 Å². The third kappa shape index (κ3) is 6.07. The van der Waals surface area contributed by atoms with Crippen molar-refractivity contribution in [3.05, 3.63) is 69.5 Å². The summed E-state index contributed by atoms with van der Waals surface area (Å²) in [6.45, 7) is 1.91. The first-order chi connectivity index (χ1) is 15.8. The molecule has 172 valence electrons. The molecule has 2 amide bonds. The first kappa shape index (κ1) is 23.7. The second kappa shape index (κ2) is 10.6. The average molecular weight is 471 g/mol. The maximum atomic E-state index is 12.3. The highest BCUT2D eigenvalue weighted by Gasteiger charge is 2.15. The van der Waals surface area contributed by atoms with Crippen LogP contribution in [0.15, 0.2) is 47.6 Å². The van der Waals surface area contributed by atoms with Gasteiger partial charge >= 0.3 is 0 Å². The van der Waals surface area contributed by atoms with E-state index in [-0.39, 0.29) is 29.8 Å². The van der Waals surface area contributed by atoms with Gasteiger partial charge in [-0.15, -0.1) is 10.2 Å². The smallest absolute Gasteiger partial charge is 0.271 e. The van der Waals surface area contributed by atoms with Crippen LogP contribution in [0, 0.1) is 17.0 Å². The molecule has 2 aromatic carbocycles. The maximum Gasteiger partial charge on any atom is 0.271 e. The van der Waals surface area contributed by atoms with E-state index >= 15 is 0 Å². The van der Waals surface area contributed by atoms with Gasteiger partial charge in [-0.3, -0.25) is 19.7 Å². The minimum atomic E-state index is -0.516. The molecule has 1 heterocycles. The van der Waals surface area contributed by atoms with E-state index in [9.17, 15) is 19.7 Å². The summed E-state index contributed by atoms with van der Waals surface area (Å²) < 4.78 is 6.76. The number of thioether (sulfide) groups is 1. The lowest BCUT2D eigenvalue weighted by Gasteiger charge is -2.08. The largest absolute Gasteiger partial charge is 0.497 e. The minimum absolute atomic E-state index is 0.0340. The Morgan fingerprint density at radius 3 is 2.58 bits per heavy atom. The van der Waals surface area contributed by atoms with Crippen molar-refractivity contribution in [2.45, 2.75) is 18.6 Å². The number of anilines is 1. The summed E-state index contributed by atoms with van der Waals surface area (Å²) in [5.74, 6) is 0.620. The van der Waals surface area contributed by atoms with Crippen LogP contribution in [-0.4, -0.2) is 44.4 Å². The Labute approximate surface area is 193 Å². The molecule has 0 aliphatic heterocycles. The van der Waals surface area contributed by atoms with Crippen molar-refractivity contribution in [1.29, 1.82) is 0 Å². The van der Waals surface area contributed by atoms with Crippen LogP contribution in [0.3, 0.4) is 0 Å². The van der Waals surface area contributed by atoms with Crippen LogP contribution >= 0.6 is 11.8 Å². The molecule has 11 nitrogen and oxygen atoms in total. The summed E-state index contributed by atoms with van der Waals surface area (Å²) in [5.41, 5.74) is 1.49. The highest BCUT2D eigenvalue weighted by molar-refractivity contribution is 7.99. The molecule has 0 bridgehead atoms. The molecule has 0 saturated carbocycles. The van der Waals surface area contributed by atoms with Gasteiger partial charge in [-0.05, 0) is 36.8 Å². The van der Waals surface area contributed by atoms with Crippen LogP contribution < -0.4 is 15.4 Å². The second-order valence-corrected chi connectivity index (χ2v) is 7.90. The third-order valence-electron chi connectivity index (χ3n) is 4.72. The van der Waals surface area contributed by atoms with Gasteiger partial charge in [-0.1, -0.05) is 17.8 Å². The summed E-state index contributed by atoms with van der Waals surface area (Å²) in [4.78, 5) is 35.1. The first-order valence-electron chi connectivity index (χ1n) is 9.76. The number of rotatable bonds is 9. The van der Waals surface area contributed by atoms with Crippen molar-refractivity contribution in [3.63, 3.8) is 0 Å². The lowest BCUT2D eigenvalue weighted by atomic mass is 10.2. The van der Waals surface area contributed by atoms with Gasteiger partial charge in [0.1, 0.15) is 5.75 Å². The lowest BCUT2D eigenvalue weighted by molar-refractivity contribution is -0.384. The molecule has 2 N–H and O–H groups in total. The number of nitrogens with zero attached hydrogens (tertiary/aromatic N) is 4. The Morgan fingerprint density at radius 2 is 1.91 bits per heavy atom. The molecule has 12 heteroatoms. The van der Waals surface area contributed by atoms with Gasteiger partial charge in [-0.2, -0.15) is 0 Å². The highest BCUT2D eigenvalue weighted by atomic mass is 32.2. The molecule has 0 unspecified atom stereocenters. The van der Waals surface area contributed by atoms with Gasteiger partial charge in [0, 0.05) is 24.7 Å². The number of amides is 2. The molecule has 0 fully saturated rings. The summed E-state index contributed by atoms with van der Waals surface area (Å²) in [5, 5.41) is 25.0. The Balaban J connectivity index is 1.54. The molecule has 0 atom stereocenters. The standard InChI is InChI=1S/C21H22N6O5S/c1-13-4-7-15(27(30)31)10-17(13)23-19(28)12-33-21-25-24-18(26(21)2)11-22-20(29)14-5-8-16(32-3)9-6-14/h4-10H,11-12H2,1-3H3,(H,22,29)(H,23,28). The molecule has 3 rings (SSSR count). The number of benzene rings is 2. The van der Waals surface area contributed by atoms with Gasteiger partial charge in [0.15, 0.2) is 11.0 Å². The van der Waals surface area contributed by atoms with E-state index < -0.39 is 4.92 Å². The Hall–Kier alpha value is -3.93. The molecule has 33 heavy (non-hydrogen) atoms. The van der Waals surface area contributed by atoms with Gasteiger partial charge < -0.3 is 19.9 Å². The van der Waals surface area contributed by atoms with Crippen molar-refractivity contribution in [3.8, 4) is 5.75 Å². The summed E-state index contributed by atoms with van der Waals surface area (Å²) >= 11 is 1.16. The monoisotopic (exact) mass is 470 g/mol. The summed E-state index contributed by atoms with van der Waals surface area (Å²) in [6, 6.07) is 11.0. The lowest BCUT2D eigenvalue weighted by Crippen LogP contribution is -2.24. The number of aromatic nitrogens is 3. The first-order valence-corrected chi connectivity index (χ1v) is 10.7. The predicted molar refractivity (Wildman–Crippen MR) is 122 cm³/mol. The van der Waals surface area contributed by atoms with Crippen molar-refractivity contribution < 1.29 is 19.2 Å². The zero-order chi connectivity index (χ0) is 24.0. The Kier molecular flexibility index (Phi) is 7.61. The highest BCUT2D eigenvalue weighted by Crippen LogP contribution is 2.23. The number of carbonyl (C=O) groups is 2. The zero-order valence-corrected chi connectivity index (χ0v) is 19.0. The molecule has 1 aromatic heterocycles. The fourth-order valence-corrected chi connectivity index (χ4v) is 3.53. The van der Waals surface area contributed by atoms with Crippen LogP contribution in [0.4, 0.5) is 11.4 Å².